The standard InChI is InChI=1S/2C16H32O2.2C4H4O4.3Fe/c2*1-2-3-4-5-6-7-8-9-10-11-12-13-14-15-16(17)18;2*5-3(6)1-2-4(7)8;;;/h2*2-15H2,1H3,(H,17,18);2*1-2H,(H,5,6)(H,7,8);;;/q;;;;3*+2/p-6/b;;2*2-1+;;;. The third-order valence-electron chi connectivity index (χ3n) is 7.68. The van der Waals surface area contributed by atoms with Crippen LogP contribution in [0.3, 0.4) is 0 Å². The molecule has 0 aromatic heterocycles. The van der Waals surface area contributed by atoms with Crippen LogP contribution in [0.1, 0.15) is 194 Å². The molecule has 0 aliphatic heterocycles. The number of carboxylic acid groups (broad SMARTS) is 6. The molecule has 0 aliphatic rings. The minimum Gasteiger partial charge on any atom is -0.550 e. The zero-order chi connectivity index (χ0) is 40.1. The van der Waals surface area contributed by atoms with Gasteiger partial charge in [0, 0.05) is 11.9 Å². The van der Waals surface area contributed by atoms with Crippen molar-refractivity contribution < 1.29 is 111 Å². The Kier molecular flexibility index (Phi) is 72.0. The zero-order valence-corrected chi connectivity index (χ0v) is 36.4. The topological polar surface area (TPSA) is 241 Å². The first-order valence-corrected chi connectivity index (χ1v) is 19.4. The van der Waals surface area contributed by atoms with Gasteiger partial charge in [-0.25, -0.2) is 0 Å². The third-order valence-corrected chi connectivity index (χ3v) is 7.68. The minimum atomic E-state index is -1.55. The van der Waals surface area contributed by atoms with E-state index in [0.29, 0.717) is 24.3 Å². The Balaban J connectivity index is -0.000000117. The van der Waals surface area contributed by atoms with Crippen LogP contribution >= 0.6 is 0 Å². The fourth-order valence-corrected chi connectivity index (χ4v) is 4.85. The molecule has 0 unspecified atom stereocenters. The summed E-state index contributed by atoms with van der Waals surface area (Å²) in [5.74, 6) is -8.00. The molecule has 15 heteroatoms. The molecule has 0 radical (unpaired) electrons. The van der Waals surface area contributed by atoms with E-state index in [-0.39, 0.29) is 64.0 Å². The van der Waals surface area contributed by atoms with E-state index < -0.39 is 35.8 Å². The van der Waals surface area contributed by atoms with Gasteiger partial charge >= 0.3 is 51.2 Å². The van der Waals surface area contributed by atoms with E-state index in [2.05, 4.69) is 13.8 Å². The van der Waals surface area contributed by atoms with Crippen molar-refractivity contribution in [3.63, 3.8) is 0 Å². The molecule has 0 aromatic rings. The number of carbonyl (C=O) groups is 6. The monoisotopic (exact) mass is 906 g/mol. The quantitative estimate of drug-likeness (QED) is 0.0538. The third kappa shape index (κ3) is 89.9. The SMILES string of the molecule is CCCCCCCCCCCCCCCC(=O)[O-].CCCCCCCCCCCCCCCC(=O)[O-].O=C([O-])/C=C/C(=O)[O-].O=C([O-])/C=C/C(=O)[O-].[Fe+2].[Fe+2].[Fe+2]. The summed E-state index contributed by atoms with van der Waals surface area (Å²) in [6.07, 6.45) is 35.4. The summed E-state index contributed by atoms with van der Waals surface area (Å²) in [6, 6.07) is 0. The van der Waals surface area contributed by atoms with Crippen molar-refractivity contribution in [2.24, 2.45) is 0 Å². The van der Waals surface area contributed by atoms with Crippen LogP contribution in [0.2, 0.25) is 0 Å². The van der Waals surface area contributed by atoms with Gasteiger partial charge in [0.15, 0.2) is 0 Å². The van der Waals surface area contributed by atoms with Gasteiger partial charge in [-0.2, -0.15) is 0 Å². The fraction of sp³-hybridized carbons (Fsp3) is 0.750. The van der Waals surface area contributed by atoms with Crippen molar-refractivity contribution in [1.82, 2.24) is 0 Å². The normalized spacial score (nSPS) is 9.78. The number of hydrogen-bond acceptors (Lipinski definition) is 12. The first-order valence-electron chi connectivity index (χ1n) is 19.4. The van der Waals surface area contributed by atoms with E-state index in [1.165, 1.54) is 141 Å². The predicted octanol–water partition coefficient (Wildman–Crippen LogP) is 2.51. The number of hydrogen-bond donors (Lipinski definition) is 0. The Morgan fingerprint density at radius 1 is 0.291 bits per heavy atom. The maximum Gasteiger partial charge on any atom is 2.00 e. The van der Waals surface area contributed by atoms with Crippen LogP contribution in [0.25, 0.3) is 0 Å². The van der Waals surface area contributed by atoms with Crippen molar-refractivity contribution in [3.05, 3.63) is 24.3 Å². The number of carbonyl (C=O) groups excluding carboxylic acids is 6. The number of aliphatic carboxylic acids is 6. The van der Waals surface area contributed by atoms with Gasteiger partial charge in [0.2, 0.25) is 0 Å². The molecule has 0 amide bonds. The molecule has 0 rings (SSSR count). The van der Waals surface area contributed by atoms with Gasteiger partial charge < -0.3 is 59.4 Å². The number of unbranched alkanes of at least 4 members (excludes halogenated alkanes) is 24. The summed E-state index contributed by atoms with van der Waals surface area (Å²) < 4.78 is 0. The second-order valence-electron chi connectivity index (χ2n) is 12.7. The molecule has 0 bridgehead atoms. The summed E-state index contributed by atoms with van der Waals surface area (Å²) in [6.45, 7) is 4.51. The molecule has 0 atom stereocenters. The van der Waals surface area contributed by atoms with E-state index in [1.54, 1.807) is 0 Å². The van der Waals surface area contributed by atoms with E-state index in [9.17, 15) is 59.4 Å². The van der Waals surface area contributed by atoms with Crippen LogP contribution in [0, 0.1) is 0 Å². The van der Waals surface area contributed by atoms with Crippen LogP contribution in [0.4, 0.5) is 0 Å². The Hall–Kier alpha value is -2.14. The maximum absolute atomic E-state index is 10.2. The van der Waals surface area contributed by atoms with Crippen LogP contribution in [0.15, 0.2) is 24.3 Å². The smallest absolute Gasteiger partial charge is 0.550 e. The number of carboxylic acids is 6. The average Bonchev–Trinajstić information content (AvgIpc) is 3.07. The Labute approximate surface area is 362 Å². The van der Waals surface area contributed by atoms with Gasteiger partial charge in [0.1, 0.15) is 0 Å². The molecular formula is C40H66Fe3O12. The summed E-state index contributed by atoms with van der Waals surface area (Å²) in [5.41, 5.74) is 0. The van der Waals surface area contributed by atoms with E-state index >= 15 is 0 Å². The summed E-state index contributed by atoms with van der Waals surface area (Å²) >= 11 is 0. The first-order chi connectivity index (χ1) is 24.8. The van der Waals surface area contributed by atoms with Crippen LogP contribution in [0.5, 0.6) is 0 Å². The van der Waals surface area contributed by atoms with Crippen molar-refractivity contribution in [2.45, 2.75) is 194 Å². The molecular weight excluding hydrogens is 840 g/mol. The van der Waals surface area contributed by atoms with Gasteiger partial charge in [-0.3, -0.25) is 0 Å². The molecule has 0 aliphatic carbocycles. The van der Waals surface area contributed by atoms with Crippen molar-refractivity contribution >= 4 is 35.8 Å². The van der Waals surface area contributed by atoms with Gasteiger partial charge in [-0.05, 0) is 50.0 Å². The molecule has 0 spiro atoms. The summed E-state index contributed by atoms with van der Waals surface area (Å²) in [4.78, 5) is 58.0. The van der Waals surface area contributed by atoms with Crippen molar-refractivity contribution in [3.8, 4) is 0 Å². The van der Waals surface area contributed by atoms with E-state index in [4.69, 9.17) is 0 Å². The number of rotatable bonds is 32. The van der Waals surface area contributed by atoms with Crippen LogP contribution in [-0.4, -0.2) is 35.8 Å². The van der Waals surface area contributed by atoms with Gasteiger partial charge in [0.25, 0.3) is 0 Å². The summed E-state index contributed by atoms with van der Waals surface area (Å²) in [5, 5.41) is 58.0. The van der Waals surface area contributed by atoms with Crippen LogP contribution in [-0.2, 0) is 80.0 Å². The molecule has 0 fully saturated rings. The molecule has 0 saturated carbocycles. The molecule has 0 saturated heterocycles. The molecule has 0 N–H and O–H groups in total. The summed E-state index contributed by atoms with van der Waals surface area (Å²) in [7, 11) is 0. The first kappa shape index (κ1) is 67.6. The zero-order valence-electron chi connectivity index (χ0n) is 33.1. The van der Waals surface area contributed by atoms with Gasteiger partial charge in [0.05, 0.1) is 23.9 Å². The van der Waals surface area contributed by atoms with Crippen LogP contribution < -0.4 is 30.6 Å². The second kappa shape index (κ2) is 58.6. The Morgan fingerprint density at radius 2 is 0.436 bits per heavy atom. The van der Waals surface area contributed by atoms with Crippen molar-refractivity contribution in [2.75, 3.05) is 0 Å². The Morgan fingerprint density at radius 3 is 0.564 bits per heavy atom. The van der Waals surface area contributed by atoms with Crippen molar-refractivity contribution in [1.29, 1.82) is 0 Å². The molecule has 0 aromatic carbocycles. The predicted molar refractivity (Wildman–Crippen MR) is 189 cm³/mol. The average molecular weight is 906 g/mol. The van der Waals surface area contributed by atoms with Gasteiger partial charge in [-0.15, -0.1) is 0 Å². The van der Waals surface area contributed by atoms with Gasteiger partial charge in [-0.1, -0.05) is 168 Å². The minimum absolute atomic E-state index is 0. The molecule has 0 heterocycles. The molecule has 12 nitrogen and oxygen atoms in total. The van der Waals surface area contributed by atoms with E-state index in [0.717, 1.165) is 25.7 Å². The Bertz CT molecular complexity index is 838. The second-order valence-corrected chi connectivity index (χ2v) is 12.7. The molecule has 55 heavy (non-hydrogen) atoms. The fourth-order valence-electron chi connectivity index (χ4n) is 4.85. The molecule has 322 valence electrons. The maximum atomic E-state index is 10.2. The largest absolute Gasteiger partial charge is 2.00 e. The van der Waals surface area contributed by atoms with E-state index in [1.807, 2.05) is 0 Å².